The van der Waals surface area contributed by atoms with Crippen LogP contribution in [0.15, 0.2) is 67.3 Å². The van der Waals surface area contributed by atoms with Crippen LogP contribution in [-0.2, 0) is 16.1 Å². The number of hydrogen-bond acceptors (Lipinski definition) is 4. The molecule has 1 heterocycles. The third-order valence-corrected chi connectivity index (χ3v) is 4.56. The van der Waals surface area contributed by atoms with Crippen LogP contribution < -0.4 is 5.32 Å². The fourth-order valence-electron chi connectivity index (χ4n) is 2.84. The first-order chi connectivity index (χ1) is 13.9. The largest absolute Gasteiger partial charge is 0.461 e. The van der Waals surface area contributed by atoms with E-state index in [9.17, 15) is 9.59 Å². The van der Waals surface area contributed by atoms with Crippen molar-refractivity contribution in [3.8, 4) is 11.1 Å². The lowest BCUT2D eigenvalue weighted by molar-refractivity contribution is -0.150. The van der Waals surface area contributed by atoms with Crippen LogP contribution in [0.5, 0.6) is 0 Å². The van der Waals surface area contributed by atoms with Crippen molar-refractivity contribution in [3.05, 3.63) is 77.8 Å². The molecule has 0 aliphatic carbocycles. The molecule has 0 saturated heterocycles. The fraction of sp³-hybridized carbons (Fsp3) is 0.227. The molecule has 0 saturated carbocycles. The van der Waals surface area contributed by atoms with Gasteiger partial charge in [-0.15, -0.1) is 0 Å². The Morgan fingerprint density at radius 1 is 1.14 bits per heavy atom. The second-order valence-corrected chi connectivity index (χ2v) is 7.24. The van der Waals surface area contributed by atoms with Crippen LogP contribution in [0.2, 0.25) is 5.02 Å². The molecule has 7 heteroatoms. The minimum Gasteiger partial charge on any atom is -0.461 e. The summed E-state index contributed by atoms with van der Waals surface area (Å²) in [5.74, 6) is -0.851. The summed E-state index contributed by atoms with van der Waals surface area (Å²) in [4.78, 5) is 29.1. The topological polar surface area (TPSA) is 73.2 Å². The maximum absolute atomic E-state index is 12.7. The highest BCUT2D eigenvalue weighted by molar-refractivity contribution is 6.33. The lowest BCUT2D eigenvalue weighted by Gasteiger charge is -2.19. The number of carbonyl (C=O) groups is 2. The van der Waals surface area contributed by atoms with Crippen LogP contribution in [0.4, 0.5) is 0 Å². The van der Waals surface area contributed by atoms with Crippen LogP contribution in [0.1, 0.15) is 24.2 Å². The molecule has 0 bridgehead atoms. The Morgan fingerprint density at radius 3 is 2.48 bits per heavy atom. The van der Waals surface area contributed by atoms with E-state index in [4.69, 9.17) is 16.3 Å². The Morgan fingerprint density at radius 2 is 1.86 bits per heavy atom. The van der Waals surface area contributed by atoms with Crippen molar-refractivity contribution in [1.82, 2.24) is 14.9 Å². The molecule has 3 rings (SSSR count). The van der Waals surface area contributed by atoms with Gasteiger partial charge in [0.15, 0.2) is 0 Å². The number of nitrogens with zero attached hydrogens (tertiary/aromatic N) is 2. The van der Waals surface area contributed by atoms with Gasteiger partial charge in [0.25, 0.3) is 5.91 Å². The van der Waals surface area contributed by atoms with Gasteiger partial charge in [-0.2, -0.15) is 0 Å². The molecular weight excluding hydrogens is 390 g/mol. The van der Waals surface area contributed by atoms with Crippen LogP contribution in [0.25, 0.3) is 11.1 Å². The van der Waals surface area contributed by atoms with Crippen molar-refractivity contribution in [1.29, 1.82) is 0 Å². The number of amides is 1. The molecule has 150 valence electrons. The SMILES string of the molecule is CC(C)OC(=O)[C@H](Cn1ccnc1)NC(=O)c1ccc(-c2ccccc2Cl)cc1. The van der Waals surface area contributed by atoms with E-state index >= 15 is 0 Å². The maximum Gasteiger partial charge on any atom is 0.330 e. The Balaban J connectivity index is 1.74. The molecule has 1 aromatic heterocycles. The van der Waals surface area contributed by atoms with E-state index in [0.717, 1.165) is 11.1 Å². The minimum absolute atomic E-state index is 0.231. The van der Waals surface area contributed by atoms with Gasteiger partial charge in [-0.25, -0.2) is 9.78 Å². The molecule has 2 aromatic carbocycles. The van der Waals surface area contributed by atoms with E-state index < -0.39 is 12.0 Å². The van der Waals surface area contributed by atoms with Crippen LogP contribution >= 0.6 is 11.6 Å². The Hall–Kier alpha value is -3.12. The summed E-state index contributed by atoms with van der Waals surface area (Å²) in [5.41, 5.74) is 2.23. The van der Waals surface area contributed by atoms with Crippen molar-refractivity contribution in [3.63, 3.8) is 0 Å². The Bertz CT molecular complexity index is 969. The average Bonchev–Trinajstić information content (AvgIpc) is 3.20. The normalized spacial score (nSPS) is 11.9. The van der Waals surface area contributed by atoms with Gasteiger partial charge in [0, 0.05) is 28.5 Å². The molecule has 0 unspecified atom stereocenters. The molecule has 0 radical (unpaired) electrons. The van der Waals surface area contributed by atoms with E-state index in [1.54, 1.807) is 49.3 Å². The fourth-order valence-corrected chi connectivity index (χ4v) is 3.08. The first-order valence-electron chi connectivity index (χ1n) is 9.26. The smallest absolute Gasteiger partial charge is 0.330 e. The van der Waals surface area contributed by atoms with Gasteiger partial charge in [0.05, 0.1) is 19.0 Å². The lowest BCUT2D eigenvalue weighted by Crippen LogP contribution is -2.45. The number of nitrogens with one attached hydrogen (secondary N) is 1. The number of benzene rings is 2. The zero-order valence-corrected chi connectivity index (χ0v) is 17.0. The highest BCUT2D eigenvalue weighted by Gasteiger charge is 2.24. The Labute approximate surface area is 174 Å². The van der Waals surface area contributed by atoms with Crippen molar-refractivity contribution in [2.75, 3.05) is 0 Å². The van der Waals surface area contributed by atoms with E-state index in [-0.39, 0.29) is 18.6 Å². The number of halogens is 1. The monoisotopic (exact) mass is 411 g/mol. The third kappa shape index (κ3) is 5.45. The molecule has 1 N–H and O–H groups in total. The molecular formula is C22H22ClN3O3. The Kier molecular flexibility index (Phi) is 6.67. The van der Waals surface area contributed by atoms with E-state index in [1.807, 2.05) is 36.4 Å². The van der Waals surface area contributed by atoms with E-state index in [1.165, 1.54) is 0 Å². The molecule has 29 heavy (non-hydrogen) atoms. The molecule has 6 nitrogen and oxygen atoms in total. The summed E-state index contributed by atoms with van der Waals surface area (Å²) in [6, 6.07) is 13.7. The van der Waals surface area contributed by atoms with Crippen molar-refractivity contribution in [2.24, 2.45) is 0 Å². The number of carbonyl (C=O) groups excluding carboxylic acids is 2. The summed E-state index contributed by atoms with van der Waals surface area (Å²) in [6.07, 6.45) is 4.64. The molecule has 3 aromatic rings. The summed E-state index contributed by atoms with van der Waals surface area (Å²) in [6.45, 7) is 3.76. The number of esters is 1. The third-order valence-electron chi connectivity index (χ3n) is 4.23. The predicted molar refractivity (Wildman–Crippen MR) is 112 cm³/mol. The summed E-state index contributed by atoms with van der Waals surface area (Å²) >= 11 is 6.24. The molecule has 1 amide bonds. The van der Waals surface area contributed by atoms with E-state index in [2.05, 4.69) is 10.3 Å². The number of imidazole rings is 1. The molecule has 0 spiro atoms. The summed E-state index contributed by atoms with van der Waals surface area (Å²) in [7, 11) is 0. The number of hydrogen-bond donors (Lipinski definition) is 1. The van der Waals surface area contributed by atoms with Gasteiger partial charge in [0.1, 0.15) is 6.04 Å². The van der Waals surface area contributed by atoms with Crippen molar-refractivity contribution >= 4 is 23.5 Å². The van der Waals surface area contributed by atoms with Gasteiger partial charge in [0.2, 0.25) is 0 Å². The second-order valence-electron chi connectivity index (χ2n) is 6.83. The average molecular weight is 412 g/mol. The van der Waals surface area contributed by atoms with Gasteiger partial charge in [-0.3, -0.25) is 4.79 Å². The molecule has 0 fully saturated rings. The van der Waals surface area contributed by atoms with Crippen LogP contribution in [-0.4, -0.2) is 33.6 Å². The highest BCUT2D eigenvalue weighted by atomic mass is 35.5. The van der Waals surface area contributed by atoms with Crippen molar-refractivity contribution < 1.29 is 14.3 Å². The maximum atomic E-state index is 12.7. The quantitative estimate of drug-likeness (QED) is 0.597. The molecule has 0 aliphatic rings. The highest BCUT2D eigenvalue weighted by Crippen LogP contribution is 2.27. The van der Waals surface area contributed by atoms with Gasteiger partial charge in [-0.05, 0) is 37.6 Å². The van der Waals surface area contributed by atoms with Crippen LogP contribution in [0.3, 0.4) is 0 Å². The number of ether oxygens (including phenoxy) is 1. The number of aromatic nitrogens is 2. The van der Waals surface area contributed by atoms with Gasteiger partial charge >= 0.3 is 5.97 Å². The first-order valence-corrected chi connectivity index (χ1v) is 9.64. The molecule has 0 aliphatic heterocycles. The predicted octanol–water partition coefficient (Wildman–Crippen LogP) is 3.95. The standard InChI is InChI=1S/C22H22ClN3O3/c1-15(2)29-22(28)20(13-26-12-11-24-14-26)25-21(27)17-9-7-16(8-10-17)18-5-3-4-6-19(18)23/h3-12,14-15,20H,13H2,1-2H3,(H,25,27)/t20-/m0/s1. The zero-order valence-electron chi connectivity index (χ0n) is 16.2. The van der Waals surface area contributed by atoms with Crippen molar-refractivity contribution in [2.45, 2.75) is 32.5 Å². The zero-order chi connectivity index (χ0) is 20.8. The second kappa shape index (κ2) is 9.39. The summed E-state index contributed by atoms with van der Waals surface area (Å²) < 4.78 is 7.00. The van der Waals surface area contributed by atoms with E-state index in [0.29, 0.717) is 10.6 Å². The van der Waals surface area contributed by atoms with Gasteiger partial charge in [-0.1, -0.05) is 41.9 Å². The van der Waals surface area contributed by atoms with Gasteiger partial charge < -0.3 is 14.6 Å². The van der Waals surface area contributed by atoms with Crippen LogP contribution in [0, 0.1) is 0 Å². The summed E-state index contributed by atoms with van der Waals surface area (Å²) in [5, 5.41) is 3.40. The first kappa shape index (κ1) is 20.6. The lowest BCUT2D eigenvalue weighted by atomic mass is 10.0. The molecule has 1 atom stereocenters. The number of rotatable bonds is 7. The minimum atomic E-state index is -0.831.